The summed E-state index contributed by atoms with van der Waals surface area (Å²) in [5.41, 5.74) is -0.629. The monoisotopic (exact) mass is 156 g/mol. The second-order valence-corrected chi connectivity index (χ2v) is 3.58. The van der Waals surface area contributed by atoms with Crippen molar-refractivity contribution in [2.75, 3.05) is 0 Å². The van der Waals surface area contributed by atoms with Crippen LogP contribution in [-0.4, -0.2) is 16.9 Å². The van der Waals surface area contributed by atoms with Gasteiger partial charge in [0.2, 0.25) is 0 Å². The van der Waals surface area contributed by atoms with Gasteiger partial charge in [-0.1, -0.05) is 0 Å². The summed E-state index contributed by atoms with van der Waals surface area (Å²) in [5.74, 6) is -0.671. The van der Waals surface area contributed by atoms with Gasteiger partial charge in [0.05, 0.1) is 5.41 Å². The van der Waals surface area contributed by atoms with E-state index in [2.05, 4.69) is 0 Å². The molecular weight excluding hydrogens is 144 g/mol. The quantitative estimate of drug-likeness (QED) is 0.650. The first kappa shape index (κ1) is 8.24. The van der Waals surface area contributed by atoms with Gasteiger partial charge in [0.15, 0.2) is 0 Å². The SMILES string of the molecule is CC(=O)C1CC(C)(C(=O)O)C1. The molecule has 0 unspecified atom stereocenters. The van der Waals surface area contributed by atoms with Crippen molar-refractivity contribution < 1.29 is 14.7 Å². The van der Waals surface area contributed by atoms with Crippen molar-refractivity contribution in [3.63, 3.8) is 0 Å². The van der Waals surface area contributed by atoms with Crippen molar-refractivity contribution in [1.29, 1.82) is 0 Å². The third-order valence-corrected chi connectivity index (χ3v) is 2.49. The highest BCUT2D eigenvalue weighted by Crippen LogP contribution is 2.45. The number of carboxylic acids is 1. The summed E-state index contributed by atoms with van der Waals surface area (Å²) in [4.78, 5) is 21.3. The molecular formula is C8H12O3. The smallest absolute Gasteiger partial charge is 0.309 e. The van der Waals surface area contributed by atoms with Crippen molar-refractivity contribution in [1.82, 2.24) is 0 Å². The summed E-state index contributed by atoms with van der Waals surface area (Å²) in [5, 5.41) is 8.68. The number of Topliss-reactive ketones (excluding diaryl/α,β-unsaturated/α-hetero) is 1. The molecule has 0 radical (unpaired) electrons. The first-order chi connectivity index (χ1) is 4.96. The van der Waals surface area contributed by atoms with E-state index < -0.39 is 11.4 Å². The molecule has 0 aromatic carbocycles. The Morgan fingerprint density at radius 3 is 2.18 bits per heavy atom. The minimum absolute atomic E-state index is 0.00361. The van der Waals surface area contributed by atoms with Gasteiger partial charge in [0.1, 0.15) is 5.78 Å². The second kappa shape index (κ2) is 2.32. The van der Waals surface area contributed by atoms with Gasteiger partial charge in [-0.2, -0.15) is 0 Å². The molecule has 0 atom stereocenters. The molecule has 0 spiro atoms. The van der Waals surface area contributed by atoms with Gasteiger partial charge >= 0.3 is 5.97 Å². The lowest BCUT2D eigenvalue weighted by atomic mass is 9.62. The van der Waals surface area contributed by atoms with Crippen molar-refractivity contribution in [3.8, 4) is 0 Å². The van der Waals surface area contributed by atoms with E-state index in [0.717, 1.165) is 0 Å². The number of carbonyl (C=O) groups is 2. The van der Waals surface area contributed by atoms with E-state index in [0.29, 0.717) is 12.8 Å². The minimum Gasteiger partial charge on any atom is -0.481 e. The van der Waals surface area contributed by atoms with Crippen LogP contribution in [0.1, 0.15) is 26.7 Å². The summed E-state index contributed by atoms with van der Waals surface area (Å²) >= 11 is 0. The molecule has 3 heteroatoms. The fourth-order valence-corrected chi connectivity index (χ4v) is 1.49. The Labute approximate surface area is 65.4 Å². The van der Waals surface area contributed by atoms with Gasteiger partial charge in [-0.25, -0.2) is 0 Å². The zero-order chi connectivity index (χ0) is 8.65. The maximum atomic E-state index is 10.7. The van der Waals surface area contributed by atoms with Crippen molar-refractivity contribution >= 4 is 11.8 Å². The van der Waals surface area contributed by atoms with E-state index >= 15 is 0 Å². The lowest BCUT2D eigenvalue weighted by Gasteiger charge is -2.40. The van der Waals surface area contributed by atoms with Crippen LogP contribution in [0.5, 0.6) is 0 Å². The molecule has 1 saturated carbocycles. The van der Waals surface area contributed by atoms with Gasteiger partial charge in [-0.15, -0.1) is 0 Å². The summed E-state index contributed by atoms with van der Waals surface area (Å²) in [7, 11) is 0. The van der Waals surface area contributed by atoms with Gasteiger partial charge in [-0.05, 0) is 26.7 Å². The molecule has 0 saturated heterocycles. The predicted octanol–water partition coefficient (Wildman–Crippen LogP) is 1.08. The van der Waals surface area contributed by atoms with Crippen LogP contribution in [0.4, 0.5) is 0 Å². The Hall–Kier alpha value is -0.860. The number of ketones is 1. The topological polar surface area (TPSA) is 54.4 Å². The van der Waals surface area contributed by atoms with E-state index in [1.54, 1.807) is 6.92 Å². The van der Waals surface area contributed by atoms with Gasteiger partial charge in [-0.3, -0.25) is 9.59 Å². The molecule has 1 aliphatic rings. The van der Waals surface area contributed by atoms with Crippen molar-refractivity contribution in [2.45, 2.75) is 26.7 Å². The third-order valence-electron chi connectivity index (χ3n) is 2.49. The van der Waals surface area contributed by atoms with E-state index in [4.69, 9.17) is 5.11 Å². The normalized spacial score (nSPS) is 36.0. The Morgan fingerprint density at radius 2 is 1.91 bits per heavy atom. The highest BCUT2D eigenvalue weighted by Gasteiger charge is 2.47. The van der Waals surface area contributed by atoms with Crippen LogP contribution in [0.25, 0.3) is 0 Å². The molecule has 0 aromatic rings. The summed E-state index contributed by atoms with van der Waals surface area (Å²) in [6.07, 6.45) is 1.02. The van der Waals surface area contributed by atoms with Crippen LogP contribution >= 0.6 is 0 Å². The predicted molar refractivity (Wildman–Crippen MR) is 39.1 cm³/mol. The highest BCUT2D eigenvalue weighted by molar-refractivity contribution is 5.84. The van der Waals surface area contributed by atoms with E-state index in [1.165, 1.54) is 6.92 Å². The zero-order valence-corrected chi connectivity index (χ0v) is 6.76. The Kier molecular flexibility index (Phi) is 1.74. The molecule has 11 heavy (non-hydrogen) atoms. The van der Waals surface area contributed by atoms with Crippen LogP contribution < -0.4 is 0 Å². The summed E-state index contributed by atoms with van der Waals surface area (Å²) < 4.78 is 0. The average molecular weight is 156 g/mol. The molecule has 1 aliphatic carbocycles. The van der Waals surface area contributed by atoms with Crippen LogP contribution in [-0.2, 0) is 9.59 Å². The maximum Gasteiger partial charge on any atom is 0.309 e. The number of carboxylic acid groups (broad SMARTS) is 1. The first-order valence-corrected chi connectivity index (χ1v) is 3.69. The number of rotatable bonds is 2. The number of aliphatic carboxylic acids is 1. The molecule has 0 aromatic heterocycles. The van der Waals surface area contributed by atoms with Crippen molar-refractivity contribution in [2.24, 2.45) is 11.3 Å². The lowest BCUT2D eigenvalue weighted by molar-refractivity contribution is -0.158. The molecule has 1 N–H and O–H groups in total. The van der Waals surface area contributed by atoms with E-state index in [9.17, 15) is 9.59 Å². The fraction of sp³-hybridized carbons (Fsp3) is 0.750. The Balaban J connectivity index is 2.50. The standard InChI is InChI=1S/C8H12O3/c1-5(9)6-3-8(2,4-6)7(10)11/h6H,3-4H2,1-2H3,(H,10,11). The number of carbonyl (C=O) groups excluding carboxylic acids is 1. The van der Waals surface area contributed by atoms with Gasteiger partial charge < -0.3 is 5.11 Å². The number of hydrogen-bond donors (Lipinski definition) is 1. The molecule has 0 aliphatic heterocycles. The molecule has 3 nitrogen and oxygen atoms in total. The largest absolute Gasteiger partial charge is 0.481 e. The van der Waals surface area contributed by atoms with Crippen LogP contribution in [0, 0.1) is 11.3 Å². The number of hydrogen-bond acceptors (Lipinski definition) is 2. The average Bonchev–Trinajstić information content (AvgIpc) is 1.79. The van der Waals surface area contributed by atoms with Gasteiger partial charge in [0.25, 0.3) is 0 Å². The fourth-order valence-electron chi connectivity index (χ4n) is 1.49. The van der Waals surface area contributed by atoms with E-state index in [1.807, 2.05) is 0 Å². The lowest BCUT2D eigenvalue weighted by Crippen LogP contribution is -2.43. The third kappa shape index (κ3) is 1.27. The zero-order valence-electron chi connectivity index (χ0n) is 6.76. The van der Waals surface area contributed by atoms with Gasteiger partial charge in [0, 0.05) is 5.92 Å². The summed E-state index contributed by atoms with van der Waals surface area (Å²) in [6, 6.07) is 0. The van der Waals surface area contributed by atoms with Crippen molar-refractivity contribution in [3.05, 3.63) is 0 Å². The summed E-state index contributed by atoms with van der Waals surface area (Å²) in [6.45, 7) is 3.21. The highest BCUT2D eigenvalue weighted by atomic mass is 16.4. The Bertz CT molecular complexity index is 201. The molecule has 0 amide bonds. The van der Waals surface area contributed by atoms with E-state index in [-0.39, 0.29) is 11.7 Å². The molecule has 0 bridgehead atoms. The maximum absolute atomic E-state index is 10.7. The molecule has 1 fully saturated rings. The molecule has 0 heterocycles. The van der Waals surface area contributed by atoms with Crippen LogP contribution in [0.2, 0.25) is 0 Å². The van der Waals surface area contributed by atoms with Crippen LogP contribution in [0.15, 0.2) is 0 Å². The first-order valence-electron chi connectivity index (χ1n) is 3.69. The molecule has 1 rings (SSSR count). The second-order valence-electron chi connectivity index (χ2n) is 3.58. The molecule has 62 valence electrons. The Morgan fingerprint density at radius 1 is 1.45 bits per heavy atom. The minimum atomic E-state index is -0.782. The van der Waals surface area contributed by atoms with Crippen LogP contribution in [0.3, 0.4) is 0 Å².